The van der Waals surface area contributed by atoms with Crippen LogP contribution in [0.3, 0.4) is 0 Å². The molecule has 1 atom stereocenters. The van der Waals surface area contributed by atoms with Crippen LogP contribution in [0.4, 0.5) is 0 Å². The molecule has 1 unspecified atom stereocenters. The highest BCUT2D eigenvalue weighted by molar-refractivity contribution is 5.77. The first kappa shape index (κ1) is 16.0. The third kappa shape index (κ3) is 5.21. The van der Waals surface area contributed by atoms with Crippen LogP contribution in [0.25, 0.3) is 0 Å². The third-order valence-corrected chi connectivity index (χ3v) is 4.26. The molecule has 19 heavy (non-hydrogen) atoms. The summed E-state index contributed by atoms with van der Waals surface area (Å²) in [5.74, 6) is -0.0729. The van der Waals surface area contributed by atoms with Crippen molar-refractivity contribution >= 4 is 11.9 Å². The second-order valence-corrected chi connectivity index (χ2v) is 5.56. The molecule has 1 saturated heterocycles. The molecular weight excluding hydrogens is 242 g/mol. The van der Waals surface area contributed by atoms with Crippen LogP contribution < -0.4 is 0 Å². The zero-order valence-electron chi connectivity index (χ0n) is 12.2. The van der Waals surface area contributed by atoms with Gasteiger partial charge in [0.1, 0.15) is 0 Å². The summed E-state index contributed by atoms with van der Waals surface area (Å²) in [6.45, 7) is 5.06. The smallest absolute Gasteiger partial charge is 0.303 e. The van der Waals surface area contributed by atoms with E-state index in [9.17, 15) is 9.59 Å². The molecule has 0 aromatic heterocycles. The van der Waals surface area contributed by atoms with Gasteiger partial charge in [-0.1, -0.05) is 26.7 Å². The van der Waals surface area contributed by atoms with Crippen LogP contribution in [0.2, 0.25) is 0 Å². The minimum Gasteiger partial charge on any atom is -0.481 e. The fourth-order valence-electron chi connectivity index (χ4n) is 2.86. The van der Waals surface area contributed by atoms with Crippen molar-refractivity contribution in [2.24, 2.45) is 5.92 Å². The first-order valence-corrected chi connectivity index (χ1v) is 7.59. The number of carboxylic acid groups (broad SMARTS) is 1. The van der Waals surface area contributed by atoms with E-state index in [0.717, 1.165) is 38.6 Å². The fraction of sp³-hybridized carbons (Fsp3) is 0.867. The minimum atomic E-state index is -0.766. The Hall–Kier alpha value is -1.06. The first-order valence-electron chi connectivity index (χ1n) is 7.59. The number of piperidine rings is 1. The Morgan fingerprint density at radius 3 is 2.53 bits per heavy atom. The molecule has 0 bridgehead atoms. The van der Waals surface area contributed by atoms with E-state index in [4.69, 9.17) is 5.11 Å². The van der Waals surface area contributed by atoms with E-state index >= 15 is 0 Å². The van der Waals surface area contributed by atoms with Crippen LogP contribution in [0, 0.1) is 5.92 Å². The van der Waals surface area contributed by atoms with E-state index in [1.807, 2.05) is 4.90 Å². The standard InChI is InChI=1S/C15H27NO3/c1-3-12(4-2)11-14(17)16-10-6-5-7-13(16)8-9-15(18)19/h12-13H,3-11H2,1-2H3,(H,18,19). The van der Waals surface area contributed by atoms with E-state index in [1.54, 1.807) is 0 Å². The topological polar surface area (TPSA) is 57.6 Å². The highest BCUT2D eigenvalue weighted by Gasteiger charge is 2.27. The van der Waals surface area contributed by atoms with Crippen LogP contribution in [0.15, 0.2) is 0 Å². The Morgan fingerprint density at radius 1 is 1.26 bits per heavy atom. The van der Waals surface area contributed by atoms with Gasteiger partial charge >= 0.3 is 5.97 Å². The minimum absolute atomic E-state index is 0.145. The van der Waals surface area contributed by atoms with Gasteiger partial charge in [-0.25, -0.2) is 0 Å². The van der Waals surface area contributed by atoms with Crippen molar-refractivity contribution < 1.29 is 14.7 Å². The Bertz CT molecular complexity index is 300. The van der Waals surface area contributed by atoms with Crippen molar-refractivity contribution in [1.29, 1.82) is 0 Å². The molecule has 0 saturated carbocycles. The molecule has 1 aliphatic rings. The maximum Gasteiger partial charge on any atom is 0.303 e. The first-order chi connectivity index (χ1) is 9.08. The van der Waals surface area contributed by atoms with Gasteiger partial charge in [-0.15, -0.1) is 0 Å². The lowest BCUT2D eigenvalue weighted by atomic mass is 9.94. The molecule has 4 nitrogen and oxygen atoms in total. The summed E-state index contributed by atoms with van der Waals surface area (Å²) in [5, 5.41) is 8.79. The monoisotopic (exact) mass is 269 g/mol. The van der Waals surface area contributed by atoms with Crippen molar-refractivity contribution in [1.82, 2.24) is 4.90 Å². The maximum atomic E-state index is 12.4. The molecule has 1 rings (SSSR count). The SMILES string of the molecule is CCC(CC)CC(=O)N1CCCCC1CCC(=O)O. The molecule has 0 aromatic carbocycles. The number of aliphatic carboxylic acids is 1. The number of amides is 1. The van der Waals surface area contributed by atoms with E-state index in [0.29, 0.717) is 18.8 Å². The number of carbonyl (C=O) groups excluding carboxylic acids is 1. The summed E-state index contributed by atoms with van der Waals surface area (Å²) in [7, 11) is 0. The van der Waals surface area contributed by atoms with Crippen LogP contribution in [-0.2, 0) is 9.59 Å². The Labute approximate surface area is 116 Å². The third-order valence-electron chi connectivity index (χ3n) is 4.26. The van der Waals surface area contributed by atoms with Gasteiger partial charge in [0.05, 0.1) is 0 Å². The summed E-state index contributed by atoms with van der Waals surface area (Å²) >= 11 is 0. The molecule has 1 amide bonds. The molecule has 1 aliphatic heterocycles. The molecule has 4 heteroatoms. The summed E-state index contributed by atoms with van der Waals surface area (Å²) in [5.41, 5.74) is 0. The van der Waals surface area contributed by atoms with Crippen molar-refractivity contribution in [3.63, 3.8) is 0 Å². The summed E-state index contributed by atoms with van der Waals surface area (Å²) < 4.78 is 0. The largest absolute Gasteiger partial charge is 0.481 e. The fourth-order valence-corrected chi connectivity index (χ4v) is 2.86. The highest BCUT2D eigenvalue weighted by Crippen LogP contribution is 2.24. The van der Waals surface area contributed by atoms with Gasteiger partial charge < -0.3 is 10.0 Å². The second-order valence-electron chi connectivity index (χ2n) is 5.56. The lowest BCUT2D eigenvalue weighted by Crippen LogP contribution is -2.44. The van der Waals surface area contributed by atoms with Gasteiger partial charge in [0.25, 0.3) is 0 Å². The number of rotatable bonds is 7. The van der Waals surface area contributed by atoms with E-state index < -0.39 is 5.97 Å². The summed E-state index contributed by atoms with van der Waals surface area (Å²) in [4.78, 5) is 25.0. The highest BCUT2D eigenvalue weighted by atomic mass is 16.4. The van der Waals surface area contributed by atoms with E-state index in [2.05, 4.69) is 13.8 Å². The lowest BCUT2D eigenvalue weighted by Gasteiger charge is -2.36. The zero-order valence-corrected chi connectivity index (χ0v) is 12.2. The van der Waals surface area contributed by atoms with Gasteiger partial charge in [-0.2, -0.15) is 0 Å². The number of nitrogens with zero attached hydrogens (tertiary/aromatic N) is 1. The number of hydrogen-bond donors (Lipinski definition) is 1. The molecular formula is C15H27NO3. The van der Waals surface area contributed by atoms with Crippen LogP contribution in [0.1, 0.15) is 65.2 Å². The van der Waals surface area contributed by atoms with Gasteiger partial charge in [-0.05, 0) is 31.6 Å². The molecule has 0 aromatic rings. The van der Waals surface area contributed by atoms with Gasteiger partial charge in [-0.3, -0.25) is 9.59 Å². The molecule has 0 aliphatic carbocycles. The number of likely N-dealkylation sites (tertiary alicyclic amines) is 1. The normalized spacial score (nSPS) is 19.7. The van der Waals surface area contributed by atoms with Crippen LogP contribution in [0.5, 0.6) is 0 Å². The van der Waals surface area contributed by atoms with E-state index in [1.165, 1.54) is 0 Å². The van der Waals surface area contributed by atoms with Gasteiger partial charge in [0, 0.05) is 25.4 Å². The lowest BCUT2D eigenvalue weighted by molar-refractivity contribution is -0.140. The average molecular weight is 269 g/mol. The average Bonchev–Trinajstić information content (AvgIpc) is 2.42. The molecule has 1 N–H and O–H groups in total. The summed E-state index contributed by atoms with van der Waals surface area (Å²) in [6, 6.07) is 0.145. The van der Waals surface area contributed by atoms with Crippen LogP contribution >= 0.6 is 0 Å². The molecule has 0 radical (unpaired) electrons. The Balaban J connectivity index is 2.54. The number of hydrogen-bond acceptors (Lipinski definition) is 2. The van der Waals surface area contributed by atoms with Gasteiger partial charge in [0.2, 0.25) is 5.91 Å². The predicted molar refractivity (Wildman–Crippen MR) is 74.9 cm³/mol. The number of carbonyl (C=O) groups is 2. The molecule has 0 spiro atoms. The van der Waals surface area contributed by atoms with Crippen molar-refractivity contribution in [2.45, 2.75) is 71.3 Å². The molecule has 1 fully saturated rings. The number of carboxylic acids is 1. The van der Waals surface area contributed by atoms with E-state index in [-0.39, 0.29) is 18.4 Å². The summed E-state index contributed by atoms with van der Waals surface area (Å²) in [6.07, 6.45) is 6.59. The van der Waals surface area contributed by atoms with Crippen LogP contribution in [-0.4, -0.2) is 34.5 Å². The zero-order chi connectivity index (χ0) is 14.3. The van der Waals surface area contributed by atoms with Gasteiger partial charge in [0.15, 0.2) is 0 Å². The Kier molecular flexibility index (Phi) is 6.89. The van der Waals surface area contributed by atoms with Crippen molar-refractivity contribution in [2.75, 3.05) is 6.54 Å². The molecule has 110 valence electrons. The Morgan fingerprint density at radius 2 is 1.95 bits per heavy atom. The predicted octanol–water partition coefficient (Wildman–Crippen LogP) is 3.06. The maximum absolute atomic E-state index is 12.4. The van der Waals surface area contributed by atoms with Crippen molar-refractivity contribution in [3.8, 4) is 0 Å². The molecule has 1 heterocycles. The second kappa shape index (κ2) is 8.18. The quantitative estimate of drug-likeness (QED) is 0.772. The van der Waals surface area contributed by atoms with Crippen molar-refractivity contribution in [3.05, 3.63) is 0 Å².